The highest BCUT2D eigenvalue weighted by Crippen LogP contribution is 2.50. The summed E-state index contributed by atoms with van der Waals surface area (Å²) in [5.41, 5.74) is 3.40. The Labute approximate surface area is 482 Å². The Morgan fingerprint density at radius 1 is 0.651 bits per heavy atom. The summed E-state index contributed by atoms with van der Waals surface area (Å²) in [5.74, 6) is -4.53. The van der Waals surface area contributed by atoms with Crippen molar-refractivity contribution in [1.29, 1.82) is 0 Å². The summed E-state index contributed by atoms with van der Waals surface area (Å²) in [6.07, 6.45) is -4.55. The van der Waals surface area contributed by atoms with Gasteiger partial charge in [0.25, 0.3) is 0 Å². The molecule has 23 heteroatoms. The van der Waals surface area contributed by atoms with E-state index in [0.29, 0.717) is 29.6 Å². The van der Waals surface area contributed by atoms with Crippen molar-refractivity contribution in [2.75, 3.05) is 72.0 Å². The van der Waals surface area contributed by atoms with Crippen molar-refractivity contribution in [3.8, 4) is 0 Å². The number of esters is 1. The van der Waals surface area contributed by atoms with Crippen molar-refractivity contribution in [1.82, 2.24) is 37.7 Å². The number of carbonyl (C=O) groups excluding carboxylic acids is 3. The number of carbonyl (C=O) groups is 3. The number of nitrogens with zero attached hydrogens (tertiary/aromatic N) is 8. The van der Waals surface area contributed by atoms with Crippen LogP contribution < -0.4 is 8.97 Å². The maximum Gasteiger partial charge on any atom is 0.491 e. The van der Waals surface area contributed by atoms with Gasteiger partial charge in [0.15, 0.2) is 11.5 Å². The second-order valence-electron chi connectivity index (χ2n) is 23.2. The third-order valence-corrected chi connectivity index (χ3v) is 22.2. The number of benzene rings is 4. The molecule has 0 spiro atoms. The molecule has 1 unspecified atom stereocenters. The van der Waals surface area contributed by atoms with Crippen molar-refractivity contribution in [3.63, 3.8) is 0 Å². The van der Waals surface area contributed by atoms with Gasteiger partial charge in [-0.3, -0.25) is 14.1 Å². The number of aromatic nitrogens is 2. The van der Waals surface area contributed by atoms with E-state index < -0.39 is 72.9 Å². The van der Waals surface area contributed by atoms with E-state index in [2.05, 4.69) is 16.4 Å². The van der Waals surface area contributed by atoms with Crippen LogP contribution in [0.1, 0.15) is 56.3 Å². The molecule has 4 aliphatic rings. The highest BCUT2D eigenvalue weighted by atomic mass is 32.2. The zero-order chi connectivity index (χ0) is 59.6. The van der Waals surface area contributed by atoms with Crippen LogP contribution in [0.25, 0.3) is 0 Å². The van der Waals surface area contributed by atoms with Gasteiger partial charge >= 0.3 is 23.8 Å². The zero-order valence-corrected chi connectivity index (χ0v) is 49.6. The van der Waals surface area contributed by atoms with Crippen molar-refractivity contribution in [2.45, 2.75) is 102 Å². The monoisotopic (exact) mass is 1180 g/mol. The lowest BCUT2D eigenvalue weighted by molar-refractivity contribution is -0.243. The van der Waals surface area contributed by atoms with Crippen LogP contribution in [0, 0.1) is 67.2 Å². The first-order valence-electron chi connectivity index (χ1n) is 27.9. The molecule has 4 saturated heterocycles. The molecule has 0 bridgehead atoms. The number of amides is 2. The molecular weight excluding hydrogens is 1110 g/mol. The van der Waals surface area contributed by atoms with E-state index in [1.807, 2.05) is 92.7 Å². The maximum atomic E-state index is 16.9. The molecule has 83 heavy (non-hydrogen) atoms. The largest absolute Gasteiger partial charge is 0.491 e. The van der Waals surface area contributed by atoms with Gasteiger partial charge in [0.2, 0.25) is 26.5 Å². The van der Waals surface area contributed by atoms with Gasteiger partial charge in [-0.05, 0) is 90.5 Å². The summed E-state index contributed by atoms with van der Waals surface area (Å²) in [5, 5.41) is 7.93. The fourth-order valence-electron chi connectivity index (χ4n) is 14.2. The molecule has 2 aromatic heterocycles. The van der Waals surface area contributed by atoms with E-state index in [0.717, 1.165) is 32.8 Å². The number of alkyl halides is 3. The van der Waals surface area contributed by atoms with Crippen LogP contribution in [0.2, 0.25) is 0 Å². The molecule has 18 nitrogen and oxygen atoms in total. The maximum absolute atomic E-state index is 16.9. The third-order valence-electron chi connectivity index (χ3n) is 18.0. The number of aryl methyl sites for hydroxylation is 8. The number of rotatable bonds is 15. The summed E-state index contributed by atoms with van der Waals surface area (Å²) in [6, 6.07) is 28.8. The van der Waals surface area contributed by atoms with Gasteiger partial charge in [-0.25, -0.2) is 26.1 Å². The molecule has 0 N–H and O–H groups in total. The standard InChI is InChI=1S/C60H71F3N8O10S2/c1-39-19-21-41(3)51(29-39)70(53-35-68(33-49(53)31-47-15-11-9-12-16-47)82(75,76)55-43(5)64-80-45(55)7)26-24-67(25-27-70)57(73)59(79-58(74)60(61,62)63)37-66(38-72)23-28-71(59,52-30-40(2)20-22-42(52)4)54-36-69(34-50(54)32-48-17-13-10-14-18-48)83(77,78)56-44(6)65-81-46(56)8/h9-22,29-30,38,49-50,53-54H,23-28,31-37H2,1-8H3/q+2/t49-,50-,53-,54-,59?,71-/m0/s1. The molecule has 0 radical (unpaired) electrons. The smallest absolute Gasteiger partial charge is 0.392 e. The highest BCUT2D eigenvalue weighted by Gasteiger charge is 2.73. The molecular formula is C60H71F3N8O10S2+2. The fourth-order valence-corrected chi connectivity index (χ4v) is 17.8. The predicted octanol–water partition coefficient (Wildman–Crippen LogP) is 7.42. The summed E-state index contributed by atoms with van der Waals surface area (Å²) < 4.78 is 125. The molecule has 4 aromatic carbocycles. The molecule has 6 aromatic rings. The number of piperazine rings is 2. The lowest BCUT2D eigenvalue weighted by atomic mass is 9.85. The molecule has 6 atom stereocenters. The Hall–Kier alpha value is -6.76. The first-order chi connectivity index (χ1) is 39.3. The topological polar surface area (TPSA) is 194 Å². The molecule has 2 amide bonds. The van der Waals surface area contributed by atoms with Gasteiger partial charge in [0.1, 0.15) is 70.8 Å². The lowest BCUT2D eigenvalue weighted by Crippen LogP contribution is -2.85. The molecule has 4 fully saturated rings. The van der Waals surface area contributed by atoms with Crippen LogP contribution in [0.5, 0.6) is 0 Å². The summed E-state index contributed by atoms with van der Waals surface area (Å²) in [4.78, 5) is 46.8. The van der Waals surface area contributed by atoms with E-state index in [9.17, 15) is 18.0 Å². The van der Waals surface area contributed by atoms with Gasteiger partial charge in [-0.15, -0.1) is 0 Å². The Balaban J connectivity index is 1.15. The number of hydrogen-bond donors (Lipinski definition) is 0. The fraction of sp³-hybridized carbons (Fsp3) is 0.450. The van der Waals surface area contributed by atoms with Gasteiger partial charge in [0, 0.05) is 48.2 Å². The Morgan fingerprint density at radius 2 is 1.12 bits per heavy atom. The zero-order valence-electron chi connectivity index (χ0n) is 47.9. The Bertz CT molecular complexity index is 3630. The quantitative estimate of drug-likeness (QED) is 0.0562. The number of sulfonamides is 2. The molecule has 6 heterocycles. The van der Waals surface area contributed by atoms with Crippen LogP contribution in [0.15, 0.2) is 116 Å². The average molecular weight is 1190 g/mol. The lowest BCUT2D eigenvalue weighted by Gasteiger charge is -2.59. The van der Waals surface area contributed by atoms with Crippen molar-refractivity contribution < 1.29 is 58.2 Å². The van der Waals surface area contributed by atoms with E-state index in [1.54, 1.807) is 39.8 Å². The SMILES string of the molecule is Cc1ccc(C)c([N+]2([C@H]3CN(S(=O)(=O)c4c(C)noc4C)C[C@@H]3Cc3ccccc3)CCN(C(=O)C3(OC(=O)C(F)(F)F)CN(C=O)CC[N@+]3(c3cc(C)ccc3C)[C@H]3CN(S(=O)(=O)c4c(C)noc4C)C[C@@H]3Cc3ccccc3)CC2)c1. The Morgan fingerprint density at radius 3 is 1.59 bits per heavy atom. The number of hydrogen-bond acceptors (Lipinski definition) is 12. The normalized spacial score (nSPS) is 24.5. The number of ether oxygens (including phenoxy) is 1. The summed E-state index contributed by atoms with van der Waals surface area (Å²) in [7, 11) is -8.65. The van der Waals surface area contributed by atoms with Gasteiger partial charge in [-0.1, -0.05) is 95.2 Å². The van der Waals surface area contributed by atoms with Gasteiger partial charge in [0.05, 0.1) is 32.7 Å². The first kappa shape index (κ1) is 59.4. The summed E-state index contributed by atoms with van der Waals surface area (Å²) >= 11 is 0. The van der Waals surface area contributed by atoms with E-state index in [-0.39, 0.29) is 115 Å². The van der Waals surface area contributed by atoms with Crippen LogP contribution in [0.3, 0.4) is 0 Å². The van der Waals surface area contributed by atoms with Crippen LogP contribution in [-0.4, -0.2) is 160 Å². The average Bonchev–Trinajstić information content (AvgIpc) is 1.82. The van der Waals surface area contributed by atoms with E-state index in [4.69, 9.17) is 13.8 Å². The van der Waals surface area contributed by atoms with E-state index in [1.165, 1.54) is 27.4 Å². The minimum Gasteiger partial charge on any atom is -0.392 e. The van der Waals surface area contributed by atoms with Crippen molar-refractivity contribution in [2.24, 2.45) is 11.8 Å². The molecule has 10 rings (SSSR count). The third kappa shape index (κ3) is 10.5. The minimum atomic E-state index is -5.64. The van der Waals surface area contributed by atoms with Gasteiger partial charge < -0.3 is 23.6 Å². The van der Waals surface area contributed by atoms with Crippen molar-refractivity contribution >= 4 is 49.7 Å². The number of halogens is 3. The second kappa shape index (κ2) is 22.3. The van der Waals surface area contributed by atoms with E-state index >= 15 is 26.4 Å². The van der Waals surface area contributed by atoms with Crippen LogP contribution in [-0.2, 0) is 52.0 Å². The van der Waals surface area contributed by atoms with Gasteiger partial charge in [-0.2, -0.15) is 21.8 Å². The molecule has 4 aliphatic heterocycles. The first-order valence-corrected chi connectivity index (χ1v) is 30.8. The Kier molecular flexibility index (Phi) is 16.0. The molecule has 0 saturated carbocycles. The molecule has 0 aliphatic carbocycles. The highest BCUT2D eigenvalue weighted by molar-refractivity contribution is 7.89. The minimum absolute atomic E-state index is 0.0102. The number of quaternary nitrogens is 2. The second-order valence-corrected chi connectivity index (χ2v) is 26.9. The van der Waals surface area contributed by atoms with Crippen molar-refractivity contribution in [3.05, 3.63) is 153 Å². The molecule has 442 valence electrons. The summed E-state index contributed by atoms with van der Waals surface area (Å²) in [6.45, 7) is 12.1. The van der Waals surface area contributed by atoms with Crippen LogP contribution in [0.4, 0.5) is 24.5 Å². The predicted molar refractivity (Wildman–Crippen MR) is 303 cm³/mol. The van der Waals surface area contributed by atoms with Crippen LogP contribution >= 0.6 is 0 Å².